The van der Waals surface area contributed by atoms with Crippen LogP contribution in [0.5, 0.6) is 0 Å². The zero-order valence-corrected chi connectivity index (χ0v) is 8.45. The Bertz CT molecular complexity index is 349. The van der Waals surface area contributed by atoms with Crippen molar-refractivity contribution in [2.24, 2.45) is 0 Å². The summed E-state index contributed by atoms with van der Waals surface area (Å²) in [5.74, 6) is -1.23. The van der Waals surface area contributed by atoms with Crippen LogP contribution in [0.25, 0.3) is 0 Å². The molecule has 0 amide bonds. The van der Waals surface area contributed by atoms with Crippen LogP contribution in [0.4, 0.5) is 0 Å². The molecule has 3 nitrogen and oxygen atoms in total. The van der Waals surface area contributed by atoms with Gasteiger partial charge in [0.1, 0.15) is 0 Å². The first kappa shape index (κ1) is 11.0. The summed E-state index contributed by atoms with van der Waals surface area (Å²) in [4.78, 5) is 10.4. The van der Waals surface area contributed by atoms with Gasteiger partial charge in [0.25, 0.3) is 0 Å². The van der Waals surface area contributed by atoms with Gasteiger partial charge in [0.2, 0.25) is 0 Å². The summed E-state index contributed by atoms with van der Waals surface area (Å²) < 4.78 is 0. The second-order valence-electron chi connectivity index (χ2n) is 3.15. The van der Waals surface area contributed by atoms with Gasteiger partial charge >= 0.3 is 5.97 Å². The maximum atomic E-state index is 10.4. The third-order valence-corrected chi connectivity index (χ3v) is 2.27. The molecule has 0 aliphatic heterocycles. The van der Waals surface area contributed by atoms with Crippen molar-refractivity contribution in [1.82, 2.24) is 0 Å². The third kappa shape index (κ3) is 2.72. The number of carboxylic acid groups (broad SMARTS) is 1. The molecule has 1 atom stereocenters. The molecule has 0 spiro atoms. The van der Waals surface area contributed by atoms with Crippen molar-refractivity contribution in [3.63, 3.8) is 0 Å². The predicted molar refractivity (Wildman–Crippen MR) is 53.5 cm³/mol. The smallest absolute Gasteiger partial charge is 0.332 e. The SMILES string of the molecule is Cc1ccc(Cl)c(CC(O)C(=O)O)c1. The van der Waals surface area contributed by atoms with Crippen molar-refractivity contribution in [2.75, 3.05) is 0 Å². The van der Waals surface area contributed by atoms with Crippen LogP contribution in [-0.2, 0) is 11.2 Å². The number of hydrogen-bond acceptors (Lipinski definition) is 2. The maximum absolute atomic E-state index is 10.4. The van der Waals surface area contributed by atoms with Gasteiger partial charge in [-0.25, -0.2) is 4.79 Å². The number of carbonyl (C=O) groups is 1. The van der Waals surface area contributed by atoms with Gasteiger partial charge in [-0.2, -0.15) is 0 Å². The van der Waals surface area contributed by atoms with Crippen LogP contribution in [-0.4, -0.2) is 22.3 Å². The van der Waals surface area contributed by atoms with Gasteiger partial charge in [0, 0.05) is 11.4 Å². The lowest BCUT2D eigenvalue weighted by molar-refractivity contribution is -0.146. The monoisotopic (exact) mass is 214 g/mol. The Hall–Kier alpha value is -1.06. The van der Waals surface area contributed by atoms with E-state index < -0.39 is 12.1 Å². The molecule has 4 heteroatoms. The van der Waals surface area contributed by atoms with E-state index in [1.807, 2.05) is 13.0 Å². The summed E-state index contributed by atoms with van der Waals surface area (Å²) in [5.41, 5.74) is 1.64. The lowest BCUT2D eigenvalue weighted by Gasteiger charge is -2.08. The van der Waals surface area contributed by atoms with Crippen molar-refractivity contribution in [2.45, 2.75) is 19.4 Å². The molecular weight excluding hydrogens is 204 g/mol. The average molecular weight is 215 g/mol. The lowest BCUT2D eigenvalue weighted by Crippen LogP contribution is -2.22. The molecule has 1 unspecified atom stereocenters. The standard InChI is InChI=1S/C10H11ClO3/c1-6-2-3-8(11)7(4-6)5-9(12)10(13)14/h2-4,9,12H,5H2,1H3,(H,13,14). The number of aryl methyl sites for hydroxylation is 1. The molecule has 0 bridgehead atoms. The van der Waals surface area contributed by atoms with E-state index in [4.69, 9.17) is 21.8 Å². The number of rotatable bonds is 3. The van der Waals surface area contributed by atoms with Crippen LogP contribution >= 0.6 is 11.6 Å². The van der Waals surface area contributed by atoms with Crippen molar-refractivity contribution in [1.29, 1.82) is 0 Å². The predicted octanol–water partition coefficient (Wildman–Crippen LogP) is 1.64. The summed E-state index contributed by atoms with van der Waals surface area (Å²) >= 11 is 5.84. The lowest BCUT2D eigenvalue weighted by atomic mass is 10.1. The number of benzene rings is 1. The third-order valence-electron chi connectivity index (χ3n) is 1.90. The summed E-state index contributed by atoms with van der Waals surface area (Å²) in [6, 6.07) is 5.30. The van der Waals surface area contributed by atoms with Crippen molar-refractivity contribution < 1.29 is 15.0 Å². The van der Waals surface area contributed by atoms with Gasteiger partial charge in [-0.3, -0.25) is 0 Å². The molecule has 1 aromatic rings. The minimum absolute atomic E-state index is 0.0375. The van der Waals surface area contributed by atoms with E-state index in [0.29, 0.717) is 10.6 Å². The minimum atomic E-state index is -1.39. The molecule has 2 N–H and O–H groups in total. The molecule has 0 saturated heterocycles. The van der Waals surface area contributed by atoms with E-state index in [1.165, 1.54) is 0 Å². The minimum Gasteiger partial charge on any atom is -0.479 e. The Morgan fingerprint density at radius 3 is 2.79 bits per heavy atom. The van der Waals surface area contributed by atoms with E-state index in [1.54, 1.807) is 12.1 Å². The quantitative estimate of drug-likeness (QED) is 0.804. The highest BCUT2D eigenvalue weighted by Crippen LogP contribution is 2.18. The van der Waals surface area contributed by atoms with Crippen LogP contribution in [0.1, 0.15) is 11.1 Å². The van der Waals surface area contributed by atoms with Crippen molar-refractivity contribution >= 4 is 17.6 Å². The molecule has 0 fully saturated rings. The second-order valence-corrected chi connectivity index (χ2v) is 3.56. The normalized spacial score (nSPS) is 12.5. The number of aliphatic hydroxyl groups excluding tert-OH is 1. The fraction of sp³-hybridized carbons (Fsp3) is 0.300. The molecule has 0 saturated carbocycles. The number of hydrogen-bond donors (Lipinski definition) is 2. The molecule has 0 aliphatic rings. The number of aliphatic carboxylic acids is 1. The van der Waals surface area contributed by atoms with Gasteiger partial charge in [0.05, 0.1) is 0 Å². The van der Waals surface area contributed by atoms with E-state index in [-0.39, 0.29) is 6.42 Å². The topological polar surface area (TPSA) is 57.5 Å². The Balaban J connectivity index is 2.85. The number of halogens is 1. The summed E-state index contributed by atoms with van der Waals surface area (Å²) in [7, 11) is 0. The van der Waals surface area contributed by atoms with E-state index in [9.17, 15) is 4.79 Å². The van der Waals surface area contributed by atoms with Crippen LogP contribution in [0.3, 0.4) is 0 Å². The zero-order valence-electron chi connectivity index (χ0n) is 7.70. The van der Waals surface area contributed by atoms with Gasteiger partial charge in [0.15, 0.2) is 6.10 Å². The van der Waals surface area contributed by atoms with E-state index in [0.717, 1.165) is 5.56 Å². The maximum Gasteiger partial charge on any atom is 0.332 e. The second kappa shape index (κ2) is 4.44. The molecule has 0 heterocycles. The van der Waals surface area contributed by atoms with Gasteiger partial charge in [-0.05, 0) is 18.6 Å². The molecular formula is C10H11ClO3. The van der Waals surface area contributed by atoms with Gasteiger partial charge in [-0.15, -0.1) is 0 Å². The van der Waals surface area contributed by atoms with Crippen molar-refractivity contribution in [3.05, 3.63) is 34.3 Å². The highest BCUT2D eigenvalue weighted by molar-refractivity contribution is 6.31. The fourth-order valence-electron chi connectivity index (χ4n) is 1.16. The first-order valence-electron chi connectivity index (χ1n) is 4.16. The fourth-order valence-corrected chi connectivity index (χ4v) is 1.35. The van der Waals surface area contributed by atoms with E-state index >= 15 is 0 Å². The molecule has 76 valence electrons. The van der Waals surface area contributed by atoms with Crippen LogP contribution < -0.4 is 0 Å². The Kier molecular flexibility index (Phi) is 3.49. The van der Waals surface area contributed by atoms with Crippen LogP contribution in [0.15, 0.2) is 18.2 Å². The van der Waals surface area contributed by atoms with Crippen LogP contribution in [0, 0.1) is 6.92 Å². The molecule has 0 aromatic heterocycles. The summed E-state index contributed by atoms with van der Waals surface area (Å²) in [6.45, 7) is 1.88. The summed E-state index contributed by atoms with van der Waals surface area (Å²) in [6.07, 6.45) is -1.36. The number of carboxylic acids is 1. The Morgan fingerprint density at radius 1 is 1.57 bits per heavy atom. The highest BCUT2D eigenvalue weighted by atomic mass is 35.5. The Morgan fingerprint density at radius 2 is 2.21 bits per heavy atom. The summed E-state index contributed by atoms with van der Waals surface area (Å²) in [5, 5.41) is 18.1. The van der Waals surface area contributed by atoms with Crippen molar-refractivity contribution in [3.8, 4) is 0 Å². The molecule has 0 radical (unpaired) electrons. The molecule has 14 heavy (non-hydrogen) atoms. The average Bonchev–Trinajstić information content (AvgIpc) is 2.11. The van der Waals surface area contributed by atoms with Crippen LogP contribution in [0.2, 0.25) is 5.02 Å². The molecule has 0 aliphatic carbocycles. The zero-order chi connectivity index (χ0) is 10.7. The molecule has 1 aromatic carbocycles. The van der Waals surface area contributed by atoms with Gasteiger partial charge < -0.3 is 10.2 Å². The Labute approximate surface area is 86.9 Å². The highest BCUT2D eigenvalue weighted by Gasteiger charge is 2.15. The van der Waals surface area contributed by atoms with E-state index in [2.05, 4.69) is 0 Å². The first-order chi connectivity index (χ1) is 6.50. The first-order valence-corrected chi connectivity index (χ1v) is 4.54. The molecule has 1 rings (SSSR count). The largest absolute Gasteiger partial charge is 0.479 e. The van der Waals surface area contributed by atoms with Gasteiger partial charge in [-0.1, -0.05) is 29.3 Å². The number of aliphatic hydroxyl groups is 1.